The van der Waals surface area contributed by atoms with E-state index in [9.17, 15) is 0 Å². The molecule has 0 saturated carbocycles. The van der Waals surface area contributed by atoms with Crippen molar-refractivity contribution in [3.8, 4) is 6.07 Å². The third-order valence-corrected chi connectivity index (χ3v) is 4.12. The van der Waals surface area contributed by atoms with Crippen LogP contribution < -0.4 is 4.90 Å². The Morgan fingerprint density at radius 2 is 2.17 bits per heavy atom. The molecular weight excluding hydrogens is 306 g/mol. The average molecular weight is 321 g/mol. The van der Waals surface area contributed by atoms with Gasteiger partial charge in [-0.15, -0.1) is 14.8 Å². The van der Waals surface area contributed by atoms with Crippen LogP contribution in [0.15, 0.2) is 36.4 Å². The van der Waals surface area contributed by atoms with Crippen LogP contribution in [0, 0.1) is 11.3 Å². The van der Waals surface area contributed by atoms with Gasteiger partial charge in [-0.2, -0.15) is 5.26 Å². The summed E-state index contributed by atoms with van der Waals surface area (Å²) in [4.78, 5) is 2.15. The SMILES string of the molecule is N#CCc1ccccc1C1CN(c2ccc3nnnn3n2)CCO1. The summed E-state index contributed by atoms with van der Waals surface area (Å²) in [6.07, 6.45) is 0.292. The van der Waals surface area contributed by atoms with Gasteiger partial charge in [0, 0.05) is 13.1 Å². The van der Waals surface area contributed by atoms with Gasteiger partial charge in [0.1, 0.15) is 6.10 Å². The number of ether oxygens (including phenoxy) is 1. The molecule has 0 spiro atoms. The van der Waals surface area contributed by atoms with E-state index in [4.69, 9.17) is 10.00 Å². The van der Waals surface area contributed by atoms with Gasteiger partial charge in [-0.1, -0.05) is 24.3 Å². The molecular formula is C16H15N7O. The number of nitrogens with zero attached hydrogens (tertiary/aromatic N) is 7. The second kappa shape index (κ2) is 6.22. The van der Waals surface area contributed by atoms with Crippen molar-refractivity contribution in [2.75, 3.05) is 24.6 Å². The molecule has 0 amide bonds. The first-order valence-corrected chi connectivity index (χ1v) is 7.72. The molecule has 24 heavy (non-hydrogen) atoms. The molecule has 1 fully saturated rings. The van der Waals surface area contributed by atoms with Crippen molar-refractivity contribution in [2.45, 2.75) is 12.5 Å². The number of anilines is 1. The summed E-state index contributed by atoms with van der Waals surface area (Å²) >= 11 is 0. The lowest BCUT2D eigenvalue weighted by molar-refractivity contribution is 0.0389. The van der Waals surface area contributed by atoms with Gasteiger partial charge < -0.3 is 9.64 Å². The minimum Gasteiger partial charge on any atom is -0.370 e. The molecule has 0 aliphatic carbocycles. The minimum absolute atomic E-state index is 0.0883. The molecule has 1 atom stereocenters. The first kappa shape index (κ1) is 14.5. The third-order valence-electron chi connectivity index (χ3n) is 4.12. The number of benzene rings is 1. The Bertz CT molecular complexity index is 901. The number of hydrogen-bond acceptors (Lipinski definition) is 7. The number of rotatable bonds is 3. The van der Waals surface area contributed by atoms with E-state index < -0.39 is 0 Å². The smallest absolute Gasteiger partial charge is 0.200 e. The fraction of sp³-hybridized carbons (Fsp3) is 0.312. The molecule has 120 valence electrons. The van der Waals surface area contributed by atoms with Gasteiger partial charge in [0.15, 0.2) is 11.5 Å². The lowest BCUT2D eigenvalue weighted by Crippen LogP contribution is -2.39. The van der Waals surface area contributed by atoms with Gasteiger partial charge in [-0.25, -0.2) is 0 Å². The summed E-state index contributed by atoms with van der Waals surface area (Å²) in [5, 5.41) is 24.8. The first-order chi connectivity index (χ1) is 11.8. The van der Waals surface area contributed by atoms with Crippen LogP contribution in [0.25, 0.3) is 5.65 Å². The maximum absolute atomic E-state index is 9.02. The lowest BCUT2D eigenvalue weighted by Gasteiger charge is -2.34. The molecule has 0 N–H and O–H groups in total. The van der Waals surface area contributed by atoms with Crippen molar-refractivity contribution < 1.29 is 4.74 Å². The zero-order chi connectivity index (χ0) is 16.4. The van der Waals surface area contributed by atoms with Crippen LogP contribution in [0.1, 0.15) is 17.2 Å². The van der Waals surface area contributed by atoms with E-state index >= 15 is 0 Å². The van der Waals surface area contributed by atoms with E-state index in [1.807, 2.05) is 36.4 Å². The van der Waals surface area contributed by atoms with Crippen molar-refractivity contribution >= 4 is 11.5 Å². The standard InChI is InChI=1S/C16H15N7O/c17-8-7-12-3-1-2-4-13(12)14-11-22(9-10-24-14)16-6-5-15-18-20-21-23(15)19-16/h1-6,14H,7,9-11H2. The molecule has 3 heterocycles. The van der Waals surface area contributed by atoms with Crippen molar-refractivity contribution in [1.29, 1.82) is 5.26 Å². The summed E-state index contributed by atoms with van der Waals surface area (Å²) in [7, 11) is 0. The third kappa shape index (κ3) is 2.66. The topological polar surface area (TPSA) is 92.2 Å². The van der Waals surface area contributed by atoms with E-state index in [2.05, 4.69) is 31.6 Å². The Labute approximate surface area is 138 Å². The predicted octanol–water partition coefficient (Wildman–Crippen LogP) is 1.16. The highest BCUT2D eigenvalue weighted by molar-refractivity contribution is 5.45. The van der Waals surface area contributed by atoms with Crippen molar-refractivity contribution in [2.24, 2.45) is 0 Å². The molecule has 1 aromatic carbocycles. The monoisotopic (exact) mass is 321 g/mol. The molecule has 0 radical (unpaired) electrons. The van der Waals surface area contributed by atoms with Crippen molar-refractivity contribution in [3.63, 3.8) is 0 Å². The molecule has 4 rings (SSSR count). The van der Waals surface area contributed by atoms with Crippen molar-refractivity contribution in [3.05, 3.63) is 47.5 Å². The highest BCUT2D eigenvalue weighted by atomic mass is 16.5. The zero-order valence-electron chi connectivity index (χ0n) is 12.9. The van der Waals surface area contributed by atoms with Crippen molar-refractivity contribution in [1.82, 2.24) is 25.3 Å². The Hall–Kier alpha value is -3.05. The normalized spacial score (nSPS) is 17.8. The Kier molecular flexibility index (Phi) is 3.76. The number of morpholine rings is 1. The largest absolute Gasteiger partial charge is 0.370 e. The van der Waals surface area contributed by atoms with Gasteiger partial charge in [-0.05, 0) is 33.7 Å². The summed E-state index contributed by atoms with van der Waals surface area (Å²) in [6.45, 7) is 2.02. The summed E-state index contributed by atoms with van der Waals surface area (Å²) in [6, 6.07) is 13.9. The maximum atomic E-state index is 9.02. The summed E-state index contributed by atoms with van der Waals surface area (Å²) in [5.41, 5.74) is 2.69. The number of tetrazole rings is 1. The Morgan fingerprint density at radius 3 is 3.08 bits per heavy atom. The molecule has 3 aromatic rings. The van der Waals surface area contributed by atoms with Crippen LogP contribution in [0.5, 0.6) is 0 Å². The predicted molar refractivity (Wildman–Crippen MR) is 85.2 cm³/mol. The minimum atomic E-state index is -0.0883. The fourth-order valence-corrected chi connectivity index (χ4v) is 2.95. The van der Waals surface area contributed by atoms with E-state index in [1.54, 1.807) is 0 Å². The second-order valence-corrected chi connectivity index (χ2v) is 5.56. The number of nitriles is 1. The van der Waals surface area contributed by atoms with Gasteiger partial charge in [0.05, 0.1) is 19.1 Å². The van der Waals surface area contributed by atoms with Gasteiger partial charge in [0.2, 0.25) is 0 Å². The summed E-state index contributed by atoms with van der Waals surface area (Å²) in [5.74, 6) is 0.806. The van der Waals surface area contributed by atoms with E-state index in [0.29, 0.717) is 25.2 Å². The van der Waals surface area contributed by atoms with Crippen LogP contribution in [0.2, 0.25) is 0 Å². The van der Waals surface area contributed by atoms with Crippen LogP contribution in [-0.2, 0) is 11.2 Å². The number of hydrogen-bond donors (Lipinski definition) is 0. The first-order valence-electron chi connectivity index (χ1n) is 7.72. The molecule has 2 aromatic heterocycles. The molecule has 1 aliphatic heterocycles. The van der Waals surface area contributed by atoms with Gasteiger partial charge in [0.25, 0.3) is 0 Å². The van der Waals surface area contributed by atoms with E-state index in [1.165, 1.54) is 4.63 Å². The van der Waals surface area contributed by atoms with E-state index in [-0.39, 0.29) is 6.10 Å². The van der Waals surface area contributed by atoms with Gasteiger partial charge in [-0.3, -0.25) is 0 Å². The summed E-state index contributed by atoms with van der Waals surface area (Å²) < 4.78 is 7.37. The number of fused-ring (bicyclic) bond motifs is 1. The van der Waals surface area contributed by atoms with Crippen LogP contribution in [0.4, 0.5) is 5.82 Å². The number of aromatic nitrogens is 5. The molecule has 8 heteroatoms. The fourth-order valence-electron chi connectivity index (χ4n) is 2.95. The lowest BCUT2D eigenvalue weighted by atomic mass is 9.99. The van der Waals surface area contributed by atoms with Gasteiger partial charge >= 0.3 is 0 Å². The van der Waals surface area contributed by atoms with Crippen LogP contribution in [-0.4, -0.2) is 45.0 Å². The molecule has 0 bridgehead atoms. The van der Waals surface area contributed by atoms with E-state index in [0.717, 1.165) is 23.5 Å². The van der Waals surface area contributed by atoms with Crippen LogP contribution in [0.3, 0.4) is 0 Å². The highest BCUT2D eigenvalue weighted by Crippen LogP contribution is 2.27. The second-order valence-electron chi connectivity index (χ2n) is 5.56. The zero-order valence-corrected chi connectivity index (χ0v) is 12.9. The molecule has 1 aliphatic rings. The Morgan fingerprint density at radius 1 is 1.25 bits per heavy atom. The quantitative estimate of drug-likeness (QED) is 0.714. The van der Waals surface area contributed by atoms with Crippen LogP contribution >= 0.6 is 0 Å². The maximum Gasteiger partial charge on any atom is 0.200 e. The average Bonchev–Trinajstić information content (AvgIpc) is 3.10. The molecule has 8 nitrogen and oxygen atoms in total. The Balaban J connectivity index is 1.61. The molecule has 1 saturated heterocycles. The molecule has 1 unspecified atom stereocenters. The highest BCUT2D eigenvalue weighted by Gasteiger charge is 2.25.